The Morgan fingerprint density at radius 3 is 2.56 bits per heavy atom. The highest BCUT2D eigenvalue weighted by molar-refractivity contribution is 5.44. The van der Waals surface area contributed by atoms with Gasteiger partial charge in [-0.3, -0.25) is 4.90 Å². The van der Waals surface area contributed by atoms with Gasteiger partial charge in [0.15, 0.2) is 11.6 Å². The lowest BCUT2D eigenvalue weighted by Gasteiger charge is -2.25. The summed E-state index contributed by atoms with van der Waals surface area (Å²) in [7, 11) is 0. The predicted octanol–water partition coefficient (Wildman–Crippen LogP) is 4.59. The second kappa shape index (κ2) is 12.9. The van der Waals surface area contributed by atoms with Crippen LogP contribution in [0.2, 0.25) is 0 Å². The summed E-state index contributed by atoms with van der Waals surface area (Å²) in [5, 5.41) is 15.3. The van der Waals surface area contributed by atoms with Crippen LogP contribution >= 0.6 is 0 Å². The Hall–Kier alpha value is -3.18. The Morgan fingerprint density at radius 2 is 1.88 bits per heavy atom. The molecule has 0 radical (unpaired) electrons. The van der Waals surface area contributed by atoms with Crippen LogP contribution in [-0.4, -0.2) is 52.2 Å². The fourth-order valence-electron chi connectivity index (χ4n) is 3.78. The number of aliphatic hydroxyl groups is 1. The number of aromatic nitrogens is 2. The highest BCUT2D eigenvalue weighted by Gasteiger charge is 2.24. The summed E-state index contributed by atoms with van der Waals surface area (Å²) in [6.07, 6.45) is 6.11. The van der Waals surface area contributed by atoms with E-state index >= 15 is 0 Å². The van der Waals surface area contributed by atoms with Crippen molar-refractivity contribution in [2.75, 3.05) is 26.3 Å². The molecule has 180 valence electrons. The van der Waals surface area contributed by atoms with Crippen LogP contribution < -0.4 is 4.74 Å². The van der Waals surface area contributed by atoms with Gasteiger partial charge in [0.2, 0.25) is 5.88 Å². The average Bonchev–Trinajstić information content (AvgIpc) is 3.18. The fraction of sp³-hybridized carbons (Fsp3) is 0.370. The summed E-state index contributed by atoms with van der Waals surface area (Å²) in [4.78, 5) is 2.13. The second-order valence-electron chi connectivity index (χ2n) is 7.97. The van der Waals surface area contributed by atoms with Crippen molar-refractivity contribution in [3.63, 3.8) is 0 Å². The van der Waals surface area contributed by atoms with E-state index in [9.17, 15) is 9.50 Å². The lowest BCUT2D eigenvalue weighted by molar-refractivity contribution is 0.0259. The van der Waals surface area contributed by atoms with E-state index in [4.69, 9.17) is 21.0 Å². The van der Waals surface area contributed by atoms with Crippen LogP contribution in [0.25, 0.3) is 5.69 Å². The molecule has 0 saturated carbocycles. The summed E-state index contributed by atoms with van der Waals surface area (Å²) in [6, 6.07) is 16.0. The quantitative estimate of drug-likeness (QED) is 0.296. The maximum Gasteiger partial charge on any atom is 0.227 e. The van der Waals surface area contributed by atoms with Gasteiger partial charge in [-0.15, -0.1) is 6.42 Å². The molecule has 1 N–H and O–H groups in total. The molecule has 0 bridgehead atoms. The fourth-order valence-corrected chi connectivity index (χ4v) is 3.78. The molecule has 1 aromatic heterocycles. The SMILES string of the molecule is C#CCOC[C@@H](O)CN(CCC)Cc1c(CC)nn(-c2ccccc2)c1Oc1ccccc1F. The summed E-state index contributed by atoms with van der Waals surface area (Å²) in [5.41, 5.74) is 2.54. The predicted molar refractivity (Wildman–Crippen MR) is 131 cm³/mol. The van der Waals surface area contributed by atoms with Crippen molar-refractivity contribution in [2.24, 2.45) is 0 Å². The normalized spacial score (nSPS) is 12.0. The number of terminal acetylenes is 1. The summed E-state index contributed by atoms with van der Waals surface area (Å²) in [6.45, 7) is 6.07. The Morgan fingerprint density at radius 1 is 1.15 bits per heavy atom. The second-order valence-corrected chi connectivity index (χ2v) is 7.97. The molecule has 0 amide bonds. The number of aryl methyl sites for hydroxylation is 1. The van der Waals surface area contributed by atoms with Crippen molar-refractivity contribution in [3.05, 3.63) is 71.7 Å². The van der Waals surface area contributed by atoms with E-state index in [1.54, 1.807) is 22.9 Å². The van der Waals surface area contributed by atoms with E-state index in [0.29, 0.717) is 25.4 Å². The average molecular weight is 466 g/mol. The molecule has 6 nitrogen and oxygen atoms in total. The van der Waals surface area contributed by atoms with Crippen LogP contribution in [0.5, 0.6) is 11.6 Å². The lowest BCUT2D eigenvalue weighted by atomic mass is 10.1. The number of nitrogens with zero attached hydrogens (tertiary/aromatic N) is 3. The van der Waals surface area contributed by atoms with Gasteiger partial charge >= 0.3 is 0 Å². The third-order valence-electron chi connectivity index (χ3n) is 5.28. The van der Waals surface area contributed by atoms with Gasteiger partial charge in [0.1, 0.15) is 6.61 Å². The van der Waals surface area contributed by atoms with Crippen molar-refractivity contribution < 1.29 is 19.0 Å². The van der Waals surface area contributed by atoms with Gasteiger partial charge in [0.25, 0.3) is 0 Å². The minimum absolute atomic E-state index is 0.133. The number of benzene rings is 2. The van der Waals surface area contributed by atoms with Crippen LogP contribution in [-0.2, 0) is 17.7 Å². The largest absolute Gasteiger partial charge is 0.435 e. The molecular formula is C27H32FN3O3. The summed E-state index contributed by atoms with van der Waals surface area (Å²) >= 11 is 0. The van der Waals surface area contributed by atoms with Crippen molar-refractivity contribution in [1.82, 2.24) is 14.7 Å². The maximum absolute atomic E-state index is 14.5. The molecule has 2 aromatic carbocycles. The first-order valence-corrected chi connectivity index (χ1v) is 11.6. The van der Waals surface area contributed by atoms with Gasteiger partial charge in [0, 0.05) is 13.1 Å². The Balaban J connectivity index is 1.97. The number of halogens is 1. The van der Waals surface area contributed by atoms with Crippen molar-refractivity contribution in [3.8, 4) is 29.7 Å². The smallest absolute Gasteiger partial charge is 0.227 e. The minimum atomic E-state index is -0.690. The van der Waals surface area contributed by atoms with E-state index in [1.807, 2.05) is 37.3 Å². The summed E-state index contributed by atoms with van der Waals surface area (Å²) < 4.78 is 27.7. The van der Waals surface area contributed by atoms with Gasteiger partial charge in [-0.25, -0.2) is 9.07 Å². The van der Waals surface area contributed by atoms with Crippen LogP contribution in [0.3, 0.4) is 0 Å². The molecule has 1 atom stereocenters. The molecule has 0 fully saturated rings. The monoisotopic (exact) mass is 465 g/mol. The molecule has 3 rings (SSSR count). The minimum Gasteiger partial charge on any atom is -0.435 e. The van der Waals surface area contributed by atoms with Gasteiger partial charge in [-0.2, -0.15) is 5.10 Å². The first kappa shape index (κ1) is 25.4. The molecule has 34 heavy (non-hydrogen) atoms. The third-order valence-corrected chi connectivity index (χ3v) is 5.28. The standard InChI is InChI=1S/C27H32FN3O3/c1-4-16-30(18-22(32)20-33-17-5-2)19-23-25(6-3)29-31(21-12-8-7-9-13-21)27(23)34-26-15-11-10-14-24(26)28/h2,7-15,22,32H,4,6,16-20H2,1,3H3/t22-/m0/s1. The molecule has 7 heteroatoms. The van der Waals surface area contributed by atoms with Crippen molar-refractivity contribution >= 4 is 0 Å². The number of hydrogen-bond donors (Lipinski definition) is 1. The Labute approximate surface area is 200 Å². The molecule has 0 aliphatic heterocycles. The van der Waals surface area contributed by atoms with Crippen molar-refractivity contribution in [2.45, 2.75) is 39.3 Å². The molecule has 3 aromatic rings. The first-order chi connectivity index (χ1) is 16.6. The molecule has 1 heterocycles. The zero-order valence-corrected chi connectivity index (χ0v) is 19.8. The van der Waals surface area contributed by atoms with E-state index in [1.165, 1.54) is 6.07 Å². The number of rotatable bonds is 13. The van der Waals surface area contributed by atoms with Gasteiger partial charge in [0.05, 0.1) is 29.7 Å². The molecular weight excluding hydrogens is 433 g/mol. The van der Waals surface area contributed by atoms with Crippen molar-refractivity contribution in [1.29, 1.82) is 0 Å². The van der Waals surface area contributed by atoms with Crippen LogP contribution in [0.4, 0.5) is 4.39 Å². The molecule has 0 aliphatic rings. The number of hydrogen-bond acceptors (Lipinski definition) is 5. The number of para-hydroxylation sites is 2. The van der Waals surface area contributed by atoms with E-state index in [-0.39, 0.29) is 19.0 Å². The molecule has 0 saturated heterocycles. The highest BCUT2D eigenvalue weighted by atomic mass is 19.1. The van der Waals surface area contributed by atoms with Crippen LogP contribution in [0.15, 0.2) is 54.6 Å². The van der Waals surface area contributed by atoms with Gasteiger partial charge < -0.3 is 14.6 Å². The molecule has 0 unspecified atom stereocenters. The topological polar surface area (TPSA) is 59.8 Å². The summed E-state index contributed by atoms with van der Waals surface area (Å²) in [5.74, 6) is 2.56. The van der Waals surface area contributed by atoms with Gasteiger partial charge in [-0.1, -0.05) is 50.1 Å². The molecule has 0 aliphatic carbocycles. The Bertz CT molecular complexity index is 1080. The number of aliphatic hydroxyl groups excluding tert-OH is 1. The third kappa shape index (κ3) is 6.67. The van der Waals surface area contributed by atoms with Crippen LogP contribution in [0, 0.1) is 18.2 Å². The lowest BCUT2D eigenvalue weighted by Crippen LogP contribution is -2.35. The highest BCUT2D eigenvalue weighted by Crippen LogP contribution is 2.33. The van der Waals surface area contributed by atoms with Crippen LogP contribution in [0.1, 0.15) is 31.5 Å². The van der Waals surface area contributed by atoms with E-state index in [2.05, 4.69) is 17.7 Å². The van der Waals surface area contributed by atoms with Gasteiger partial charge in [-0.05, 0) is 43.7 Å². The van der Waals surface area contributed by atoms with E-state index in [0.717, 1.165) is 29.9 Å². The zero-order chi connectivity index (χ0) is 24.3. The number of ether oxygens (including phenoxy) is 2. The zero-order valence-electron chi connectivity index (χ0n) is 19.8. The van der Waals surface area contributed by atoms with E-state index < -0.39 is 11.9 Å². The first-order valence-electron chi connectivity index (χ1n) is 11.6. The maximum atomic E-state index is 14.5. The Kier molecular flexibility index (Phi) is 9.65. The molecule has 0 spiro atoms.